The molecular formula is C83H56B3N9O2S3. The van der Waals surface area contributed by atoms with Crippen LogP contribution in [0, 0.1) is 22.7 Å². The maximum absolute atomic E-state index is 10.7. The van der Waals surface area contributed by atoms with Crippen LogP contribution in [-0.2, 0) is 0 Å². The first-order chi connectivity index (χ1) is 49.4. The van der Waals surface area contributed by atoms with Crippen molar-refractivity contribution in [3.05, 3.63) is 290 Å². The summed E-state index contributed by atoms with van der Waals surface area (Å²) >= 11 is 5.09. The second-order valence-corrected chi connectivity index (χ2v) is 27.6. The molecule has 0 bridgehead atoms. The number of ether oxygens (including phenoxy) is 2. The van der Waals surface area contributed by atoms with Gasteiger partial charge < -0.3 is 29.5 Å². The molecule has 0 radical (unpaired) electrons. The quantitative estimate of drug-likeness (QED) is 0.0928. The van der Waals surface area contributed by atoms with Gasteiger partial charge in [0.25, 0.3) is 20.1 Å². The smallest absolute Gasteiger partial charge is 0.256 e. The largest absolute Gasteiger partial charge is 0.458 e. The fourth-order valence-electron chi connectivity index (χ4n) is 16.1. The minimum absolute atomic E-state index is 0.312. The molecule has 6 aliphatic rings. The predicted octanol–water partition coefficient (Wildman–Crippen LogP) is 15.8. The van der Waals surface area contributed by atoms with Gasteiger partial charge in [-0.15, -0.1) is 0 Å². The average molecular weight is 1340 g/mol. The molecule has 11 nitrogen and oxygen atoms in total. The molecule has 0 saturated carbocycles. The standard InChI is InChI=1S/C83H56B3N9O2S3/c1-98-93-71-48-69-63(84-67-38-52(50-87)34-36-77(67)96-79-44-60(40-70(89-69)81(79)84)90(54-22-10-4-11-23-54)55-24-12-5-13-25-55)46-64(71)85-65-47-66-73(49-72(65)94(99-2)75-42-61(41-74(93)82(75)85)91(56-26-14-6-15-27-56)57-28-16-7-17-29-57)95(100-3)76-43-62(92(58-30-18-8-19-31-58)59-32-20-9-21-33-59)45-80-83(76)86(66)68-39-53(51-88)35-37-78(68)97-80/h4-49,89H,1-3H3. The van der Waals surface area contributed by atoms with Gasteiger partial charge in [-0.05, 0) is 231 Å². The van der Waals surface area contributed by atoms with Crippen molar-refractivity contribution < 1.29 is 9.47 Å². The molecule has 0 spiro atoms. The maximum atomic E-state index is 10.7. The van der Waals surface area contributed by atoms with E-state index < -0.39 is 0 Å². The van der Waals surface area contributed by atoms with Crippen molar-refractivity contribution in [2.24, 2.45) is 0 Å². The van der Waals surface area contributed by atoms with E-state index >= 15 is 0 Å². The second kappa shape index (κ2) is 23.8. The predicted molar refractivity (Wildman–Crippen MR) is 423 cm³/mol. The Morgan fingerprint density at radius 1 is 0.300 bits per heavy atom. The molecule has 0 amide bonds. The third-order valence-corrected chi connectivity index (χ3v) is 22.4. The Morgan fingerprint density at radius 3 is 1.04 bits per heavy atom. The van der Waals surface area contributed by atoms with Gasteiger partial charge in [0.15, 0.2) is 0 Å². The highest BCUT2D eigenvalue weighted by Gasteiger charge is 2.50. The fraction of sp³-hybridized carbons (Fsp3) is 0.0361. The highest BCUT2D eigenvalue weighted by Crippen LogP contribution is 2.51. The average Bonchev–Trinajstić information content (AvgIpc) is 0.689. The summed E-state index contributed by atoms with van der Waals surface area (Å²) in [6.45, 7) is -0.968. The minimum atomic E-state index is -0.330. The molecule has 13 aromatic rings. The van der Waals surface area contributed by atoms with Gasteiger partial charge in [-0.25, -0.2) is 0 Å². The lowest BCUT2D eigenvalue weighted by Crippen LogP contribution is -2.65. The van der Waals surface area contributed by atoms with Gasteiger partial charge in [0.05, 0.1) is 57.4 Å². The van der Waals surface area contributed by atoms with Crippen molar-refractivity contribution in [1.29, 1.82) is 10.5 Å². The number of rotatable bonds is 12. The molecule has 0 unspecified atom stereocenters. The Kier molecular flexibility index (Phi) is 14.2. The number of nitriles is 2. The van der Waals surface area contributed by atoms with Gasteiger partial charge in [-0.1, -0.05) is 121 Å². The number of para-hydroxylation sites is 6. The van der Waals surface area contributed by atoms with Crippen LogP contribution in [0.1, 0.15) is 11.1 Å². The topological polar surface area (TPSA) is 97.5 Å². The van der Waals surface area contributed by atoms with E-state index in [-0.39, 0.29) is 20.1 Å². The number of hydrogen-bond acceptors (Lipinski definition) is 14. The van der Waals surface area contributed by atoms with Crippen LogP contribution < -0.4 is 91.6 Å². The van der Waals surface area contributed by atoms with E-state index in [1.807, 2.05) is 48.5 Å². The Morgan fingerprint density at radius 2 is 0.640 bits per heavy atom. The summed E-state index contributed by atoms with van der Waals surface area (Å²) in [5, 5.41) is 25.5. The maximum Gasteiger partial charge on any atom is 0.256 e. The molecule has 1 N–H and O–H groups in total. The summed E-state index contributed by atoms with van der Waals surface area (Å²) in [5.74, 6) is 2.93. The van der Waals surface area contributed by atoms with Gasteiger partial charge in [0.1, 0.15) is 23.0 Å². The van der Waals surface area contributed by atoms with Crippen LogP contribution in [0.4, 0.5) is 96.7 Å². The van der Waals surface area contributed by atoms with Gasteiger partial charge in [-0.2, -0.15) is 10.5 Å². The fourth-order valence-corrected chi connectivity index (χ4v) is 18.3. The summed E-state index contributed by atoms with van der Waals surface area (Å²) in [7, 11) is 0. The Bertz CT molecular complexity index is 5480. The first-order valence-corrected chi connectivity index (χ1v) is 36.7. The normalized spacial score (nSPS) is 13.2. The molecule has 0 aliphatic carbocycles. The van der Waals surface area contributed by atoms with E-state index in [9.17, 15) is 10.5 Å². The Labute approximate surface area is 594 Å². The van der Waals surface area contributed by atoms with E-state index in [1.165, 1.54) is 5.46 Å². The number of fused-ring (bicyclic) bond motifs is 12. The van der Waals surface area contributed by atoms with E-state index in [1.54, 1.807) is 35.8 Å². The molecule has 0 aromatic heterocycles. The molecule has 13 aromatic carbocycles. The lowest BCUT2D eigenvalue weighted by atomic mass is 9.29. The lowest BCUT2D eigenvalue weighted by molar-refractivity contribution is 0.487. The van der Waals surface area contributed by atoms with Gasteiger partial charge in [0, 0.05) is 93.5 Å². The van der Waals surface area contributed by atoms with Crippen molar-refractivity contribution in [2.75, 3.05) is 51.7 Å². The van der Waals surface area contributed by atoms with Gasteiger partial charge in [0.2, 0.25) is 0 Å². The van der Waals surface area contributed by atoms with Crippen LogP contribution in [0.5, 0.6) is 23.0 Å². The van der Waals surface area contributed by atoms with Crippen molar-refractivity contribution in [3.8, 4) is 35.1 Å². The van der Waals surface area contributed by atoms with Crippen LogP contribution in [0.3, 0.4) is 0 Å². The van der Waals surface area contributed by atoms with Crippen LogP contribution in [0.2, 0.25) is 0 Å². The van der Waals surface area contributed by atoms with Crippen LogP contribution in [0.15, 0.2) is 279 Å². The zero-order chi connectivity index (χ0) is 66.9. The van der Waals surface area contributed by atoms with Crippen molar-refractivity contribution >= 4 is 202 Å². The van der Waals surface area contributed by atoms with Crippen molar-refractivity contribution in [3.63, 3.8) is 0 Å². The number of anilines is 17. The molecule has 6 aliphatic heterocycles. The third kappa shape index (κ3) is 9.26. The molecule has 6 heterocycles. The summed E-state index contributed by atoms with van der Waals surface area (Å²) in [4.78, 5) is 6.96. The molecule has 472 valence electrons. The van der Waals surface area contributed by atoms with Gasteiger partial charge >= 0.3 is 0 Å². The molecule has 17 heteroatoms. The monoisotopic (exact) mass is 1340 g/mol. The molecular weight excluding hydrogens is 1280 g/mol. The van der Waals surface area contributed by atoms with E-state index in [4.69, 9.17) is 9.47 Å². The zero-order valence-corrected chi connectivity index (χ0v) is 56.9. The lowest BCUT2D eigenvalue weighted by Gasteiger charge is -2.46. The molecule has 0 saturated heterocycles. The van der Waals surface area contributed by atoms with Crippen LogP contribution in [-0.4, -0.2) is 38.9 Å². The third-order valence-electron chi connectivity index (χ3n) is 20.2. The summed E-state index contributed by atoms with van der Waals surface area (Å²) < 4.78 is 21.6. The highest BCUT2D eigenvalue weighted by atomic mass is 32.2. The minimum Gasteiger partial charge on any atom is -0.458 e. The first kappa shape index (κ1) is 59.5. The first-order valence-electron chi connectivity index (χ1n) is 33.2. The highest BCUT2D eigenvalue weighted by molar-refractivity contribution is 8.01. The van der Waals surface area contributed by atoms with E-state index in [0.717, 1.165) is 152 Å². The van der Waals surface area contributed by atoms with Gasteiger partial charge in [-0.3, -0.25) is 12.9 Å². The molecule has 100 heavy (non-hydrogen) atoms. The van der Waals surface area contributed by atoms with Crippen molar-refractivity contribution in [2.45, 2.75) is 0 Å². The summed E-state index contributed by atoms with van der Waals surface area (Å²) in [6, 6.07) is 104. The Hall–Kier alpha value is -11.7. The SMILES string of the molecule is CSN1c2cc3c(cc2B2c4cc(C#N)ccc4Oc4cc(N(c5ccccc5)c5ccccc5)cc1c42)B1c2cc4c(cc2N(SC)c2cc(N(c5ccccc5)c5ccccc5)cc(c21)N3SC)Nc1cc(N(c2ccccc2)c2ccccc2)cc2c1B4c1cc(C#N)ccc1O2. The van der Waals surface area contributed by atoms with E-state index in [0.29, 0.717) is 22.6 Å². The molecule has 0 fully saturated rings. The zero-order valence-electron chi connectivity index (χ0n) is 54.4. The number of benzene rings is 13. The molecule has 0 atom stereocenters. The van der Waals surface area contributed by atoms with Crippen LogP contribution in [0.25, 0.3) is 0 Å². The summed E-state index contributed by atoms with van der Waals surface area (Å²) in [6.07, 6.45) is 6.54. The molecule has 19 rings (SSSR count). The summed E-state index contributed by atoms with van der Waals surface area (Å²) in [5.41, 5.74) is 28.0. The number of nitrogens with zero attached hydrogens (tertiary/aromatic N) is 8. The Balaban J connectivity index is 0.869. The van der Waals surface area contributed by atoms with Crippen LogP contribution >= 0.6 is 35.8 Å². The number of hydrogen-bond donors (Lipinski definition) is 1. The van der Waals surface area contributed by atoms with Crippen molar-refractivity contribution in [1.82, 2.24) is 0 Å². The van der Waals surface area contributed by atoms with E-state index in [2.05, 4.69) is 294 Å². The second-order valence-electron chi connectivity index (χ2n) is 25.5. The number of nitrogens with one attached hydrogen (secondary N) is 1.